The summed E-state index contributed by atoms with van der Waals surface area (Å²) in [5.74, 6) is 2.53. The first kappa shape index (κ1) is 15.8. The summed E-state index contributed by atoms with van der Waals surface area (Å²) in [6.07, 6.45) is 4.97. The molecule has 0 aliphatic carbocycles. The van der Waals surface area contributed by atoms with Gasteiger partial charge >= 0.3 is 0 Å². The molecule has 0 unspecified atom stereocenters. The van der Waals surface area contributed by atoms with Crippen molar-refractivity contribution in [3.63, 3.8) is 0 Å². The number of rotatable bonds is 7. The fourth-order valence-electron chi connectivity index (χ4n) is 1.98. The number of thiazole rings is 1. The number of carbonyl (C=O) groups excluding carboxylic acids is 1. The Labute approximate surface area is 142 Å². The zero-order valence-electron chi connectivity index (χ0n) is 12.4. The number of para-hydroxylation sites is 1. The Morgan fingerprint density at radius 2 is 2.22 bits per heavy atom. The molecule has 2 aromatic heterocycles. The van der Waals surface area contributed by atoms with Gasteiger partial charge in [0.15, 0.2) is 0 Å². The summed E-state index contributed by atoms with van der Waals surface area (Å²) in [6, 6.07) is 11.8. The topological polar surface area (TPSA) is 55.1 Å². The highest BCUT2D eigenvalue weighted by molar-refractivity contribution is 7.98. The maximum atomic E-state index is 11.8. The van der Waals surface area contributed by atoms with Crippen molar-refractivity contribution in [3.05, 3.63) is 59.5 Å². The van der Waals surface area contributed by atoms with Gasteiger partial charge in [-0.15, -0.1) is 11.3 Å². The van der Waals surface area contributed by atoms with Gasteiger partial charge in [-0.05, 0) is 30.3 Å². The maximum Gasteiger partial charge on any atom is 0.244 e. The molecule has 1 aromatic carbocycles. The number of hydrogen-bond acceptors (Lipinski definition) is 5. The Morgan fingerprint density at radius 1 is 1.30 bits per heavy atom. The monoisotopic (exact) mass is 344 g/mol. The highest BCUT2D eigenvalue weighted by Crippen LogP contribution is 2.22. The zero-order chi connectivity index (χ0) is 15.9. The average Bonchev–Trinajstić information content (AvgIpc) is 3.21. The number of nitrogens with zero attached hydrogens (tertiary/aromatic N) is 1. The van der Waals surface area contributed by atoms with Crippen molar-refractivity contribution in [1.82, 2.24) is 10.3 Å². The van der Waals surface area contributed by atoms with Crippen LogP contribution in [0.5, 0.6) is 0 Å². The molecule has 1 N–H and O–H groups in total. The molecule has 1 amide bonds. The lowest BCUT2D eigenvalue weighted by Crippen LogP contribution is -2.23. The molecule has 0 bridgehead atoms. The number of amides is 1. The molecule has 4 nitrogen and oxygen atoms in total. The smallest absolute Gasteiger partial charge is 0.244 e. The van der Waals surface area contributed by atoms with E-state index < -0.39 is 0 Å². The van der Waals surface area contributed by atoms with Crippen LogP contribution in [0, 0.1) is 0 Å². The second kappa shape index (κ2) is 7.99. The standard InChI is InChI=1S/C17H16N2O2S2/c20-16(18-9-11-22-12-13-4-3-10-21-13)7-8-17-19-14-5-1-2-6-15(14)23-17/h1-8,10H,9,11-12H2,(H,18,20)/b8-7+. The van der Waals surface area contributed by atoms with Crippen LogP contribution < -0.4 is 5.32 Å². The number of furan rings is 1. The van der Waals surface area contributed by atoms with Crippen LogP contribution in [0.4, 0.5) is 0 Å². The molecule has 118 valence electrons. The van der Waals surface area contributed by atoms with E-state index in [1.54, 1.807) is 35.4 Å². The third-order valence-corrected chi connectivity index (χ3v) is 5.04. The molecular formula is C17H16N2O2S2. The minimum absolute atomic E-state index is 0.0946. The van der Waals surface area contributed by atoms with E-state index in [9.17, 15) is 4.79 Å². The van der Waals surface area contributed by atoms with E-state index in [0.29, 0.717) is 6.54 Å². The second-order valence-corrected chi connectivity index (χ2v) is 6.94. The van der Waals surface area contributed by atoms with E-state index in [2.05, 4.69) is 10.3 Å². The average molecular weight is 344 g/mol. The number of aromatic nitrogens is 1. The minimum atomic E-state index is -0.0946. The fourth-order valence-corrected chi connectivity index (χ4v) is 3.61. The number of fused-ring (bicyclic) bond motifs is 1. The first-order valence-electron chi connectivity index (χ1n) is 7.23. The third kappa shape index (κ3) is 4.71. The lowest BCUT2D eigenvalue weighted by atomic mass is 10.3. The first-order valence-corrected chi connectivity index (χ1v) is 9.20. The van der Waals surface area contributed by atoms with Gasteiger partial charge in [0.1, 0.15) is 10.8 Å². The Hall–Kier alpha value is -2.05. The van der Waals surface area contributed by atoms with Crippen molar-refractivity contribution in [2.24, 2.45) is 0 Å². The van der Waals surface area contributed by atoms with Gasteiger partial charge in [-0.3, -0.25) is 4.79 Å². The van der Waals surface area contributed by atoms with Crippen LogP contribution in [-0.4, -0.2) is 23.2 Å². The highest BCUT2D eigenvalue weighted by atomic mass is 32.2. The molecule has 6 heteroatoms. The molecule has 0 saturated heterocycles. The van der Waals surface area contributed by atoms with Gasteiger partial charge in [0.2, 0.25) is 5.91 Å². The molecule has 0 atom stereocenters. The third-order valence-electron chi connectivity index (χ3n) is 3.06. The van der Waals surface area contributed by atoms with Crippen molar-refractivity contribution in [3.8, 4) is 0 Å². The fraction of sp³-hybridized carbons (Fsp3) is 0.176. The number of benzene rings is 1. The second-order valence-electron chi connectivity index (χ2n) is 4.78. The van der Waals surface area contributed by atoms with Gasteiger partial charge in [0, 0.05) is 18.4 Å². The Morgan fingerprint density at radius 3 is 3.04 bits per heavy atom. The van der Waals surface area contributed by atoms with Crippen molar-refractivity contribution < 1.29 is 9.21 Å². The van der Waals surface area contributed by atoms with E-state index in [0.717, 1.165) is 32.5 Å². The van der Waals surface area contributed by atoms with E-state index in [4.69, 9.17) is 4.42 Å². The predicted octanol–water partition coefficient (Wildman–Crippen LogP) is 3.95. The number of nitrogens with one attached hydrogen (secondary N) is 1. The van der Waals surface area contributed by atoms with Crippen LogP contribution in [-0.2, 0) is 10.5 Å². The van der Waals surface area contributed by atoms with Gasteiger partial charge in [-0.25, -0.2) is 4.98 Å². The Kier molecular flexibility index (Phi) is 5.50. The van der Waals surface area contributed by atoms with Crippen molar-refractivity contribution in [1.29, 1.82) is 0 Å². The lowest BCUT2D eigenvalue weighted by Gasteiger charge is -2.01. The van der Waals surface area contributed by atoms with Gasteiger partial charge in [0.25, 0.3) is 0 Å². The maximum absolute atomic E-state index is 11.8. The molecular weight excluding hydrogens is 328 g/mol. The molecule has 0 aliphatic rings. The van der Waals surface area contributed by atoms with Crippen LogP contribution in [0.15, 0.2) is 53.2 Å². The van der Waals surface area contributed by atoms with Crippen LogP contribution in [0.25, 0.3) is 16.3 Å². The summed E-state index contributed by atoms with van der Waals surface area (Å²) in [5.41, 5.74) is 0.965. The number of thioether (sulfide) groups is 1. The van der Waals surface area contributed by atoms with E-state index >= 15 is 0 Å². The van der Waals surface area contributed by atoms with E-state index in [-0.39, 0.29) is 5.91 Å². The van der Waals surface area contributed by atoms with Gasteiger partial charge in [-0.2, -0.15) is 11.8 Å². The van der Waals surface area contributed by atoms with E-state index in [1.807, 2.05) is 36.4 Å². The SMILES string of the molecule is O=C(/C=C/c1nc2ccccc2s1)NCCSCc1ccco1. The Bertz CT molecular complexity index is 761. The van der Waals surface area contributed by atoms with Crippen LogP contribution >= 0.6 is 23.1 Å². The van der Waals surface area contributed by atoms with Crippen molar-refractivity contribution >= 4 is 45.3 Å². The first-order chi connectivity index (χ1) is 11.3. The minimum Gasteiger partial charge on any atom is -0.468 e. The zero-order valence-corrected chi connectivity index (χ0v) is 14.0. The highest BCUT2D eigenvalue weighted by Gasteiger charge is 2.01. The summed E-state index contributed by atoms with van der Waals surface area (Å²) < 4.78 is 6.38. The summed E-state index contributed by atoms with van der Waals surface area (Å²) in [6.45, 7) is 0.633. The van der Waals surface area contributed by atoms with Crippen LogP contribution in [0.2, 0.25) is 0 Å². The predicted molar refractivity (Wildman–Crippen MR) is 96.5 cm³/mol. The van der Waals surface area contributed by atoms with Crippen LogP contribution in [0.3, 0.4) is 0 Å². The molecule has 0 radical (unpaired) electrons. The summed E-state index contributed by atoms with van der Waals surface area (Å²) in [4.78, 5) is 16.2. The molecule has 0 fully saturated rings. The summed E-state index contributed by atoms with van der Waals surface area (Å²) in [7, 11) is 0. The summed E-state index contributed by atoms with van der Waals surface area (Å²) >= 11 is 3.30. The van der Waals surface area contributed by atoms with Gasteiger partial charge in [0.05, 0.1) is 22.2 Å². The molecule has 0 saturated carbocycles. The molecule has 23 heavy (non-hydrogen) atoms. The number of hydrogen-bond donors (Lipinski definition) is 1. The molecule has 3 rings (SSSR count). The van der Waals surface area contributed by atoms with Gasteiger partial charge < -0.3 is 9.73 Å². The lowest BCUT2D eigenvalue weighted by molar-refractivity contribution is -0.116. The van der Waals surface area contributed by atoms with Gasteiger partial charge in [-0.1, -0.05) is 12.1 Å². The molecule has 0 spiro atoms. The molecule has 3 aromatic rings. The van der Waals surface area contributed by atoms with Crippen molar-refractivity contribution in [2.75, 3.05) is 12.3 Å². The number of carbonyl (C=O) groups is 1. The Balaban J connectivity index is 1.40. The van der Waals surface area contributed by atoms with Crippen LogP contribution in [0.1, 0.15) is 10.8 Å². The summed E-state index contributed by atoms with van der Waals surface area (Å²) in [5, 5.41) is 3.71. The molecule has 2 heterocycles. The molecule has 0 aliphatic heterocycles. The normalized spacial score (nSPS) is 11.3. The quantitative estimate of drug-likeness (QED) is 0.521. The van der Waals surface area contributed by atoms with Crippen molar-refractivity contribution in [2.45, 2.75) is 5.75 Å². The largest absolute Gasteiger partial charge is 0.468 e. The van der Waals surface area contributed by atoms with E-state index in [1.165, 1.54) is 6.08 Å².